The summed E-state index contributed by atoms with van der Waals surface area (Å²) in [5.74, 6) is -1.81. The van der Waals surface area contributed by atoms with Crippen molar-refractivity contribution in [1.29, 1.82) is 0 Å². The van der Waals surface area contributed by atoms with Crippen molar-refractivity contribution in [3.63, 3.8) is 0 Å². The molecule has 110 valence electrons. The van der Waals surface area contributed by atoms with Crippen molar-refractivity contribution in [3.05, 3.63) is 33.8 Å². The maximum absolute atomic E-state index is 12.5. The number of halogens is 3. The lowest BCUT2D eigenvalue weighted by molar-refractivity contribution is 0.0476. The summed E-state index contributed by atoms with van der Waals surface area (Å²) in [4.78, 5) is 24.2. The van der Waals surface area contributed by atoms with Crippen molar-refractivity contribution in [1.82, 2.24) is 4.90 Å². The van der Waals surface area contributed by atoms with Gasteiger partial charge in [0.05, 0.1) is 12.1 Å². The summed E-state index contributed by atoms with van der Waals surface area (Å²) >= 11 is 3.10. The van der Waals surface area contributed by atoms with E-state index in [9.17, 15) is 18.4 Å². The van der Waals surface area contributed by atoms with Crippen LogP contribution in [-0.2, 0) is 0 Å². The normalized spacial score (nSPS) is 10.9. The van der Waals surface area contributed by atoms with Crippen molar-refractivity contribution in [2.24, 2.45) is 0 Å². The van der Waals surface area contributed by atoms with Crippen molar-refractivity contribution >= 4 is 27.8 Å². The average molecular weight is 350 g/mol. The highest BCUT2D eigenvalue weighted by atomic mass is 79.9. The van der Waals surface area contributed by atoms with E-state index in [0.717, 1.165) is 4.90 Å². The number of amides is 1. The molecule has 0 atom stereocenters. The van der Waals surface area contributed by atoms with Gasteiger partial charge in [0, 0.05) is 16.1 Å². The van der Waals surface area contributed by atoms with Crippen molar-refractivity contribution in [2.45, 2.75) is 26.3 Å². The van der Waals surface area contributed by atoms with Crippen LogP contribution < -0.4 is 0 Å². The minimum absolute atomic E-state index is 0.0612. The second-order valence-electron chi connectivity index (χ2n) is 4.48. The van der Waals surface area contributed by atoms with E-state index in [1.54, 1.807) is 13.8 Å². The van der Waals surface area contributed by atoms with Gasteiger partial charge < -0.3 is 10.0 Å². The highest BCUT2D eigenvalue weighted by Gasteiger charge is 2.23. The van der Waals surface area contributed by atoms with Crippen LogP contribution in [0.15, 0.2) is 22.7 Å². The second-order valence-corrected chi connectivity index (χ2v) is 5.39. The van der Waals surface area contributed by atoms with Crippen LogP contribution in [0.5, 0.6) is 0 Å². The van der Waals surface area contributed by atoms with Crippen LogP contribution in [0.25, 0.3) is 0 Å². The fourth-order valence-electron chi connectivity index (χ4n) is 1.68. The monoisotopic (exact) mass is 349 g/mol. The molecular formula is C13H14BrF2NO3. The summed E-state index contributed by atoms with van der Waals surface area (Å²) in [6.45, 7) is 2.55. The predicted molar refractivity (Wildman–Crippen MR) is 73.3 cm³/mol. The van der Waals surface area contributed by atoms with Crippen LogP contribution in [0.3, 0.4) is 0 Å². The van der Waals surface area contributed by atoms with Crippen LogP contribution in [0.1, 0.15) is 34.6 Å². The van der Waals surface area contributed by atoms with Crippen LogP contribution in [0.2, 0.25) is 0 Å². The molecule has 7 heteroatoms. The summed E-state index contributed by atoms with van der Waals surface area (Å²) in [7, 11) is 0. The average Bonchev–Trinajstić information content (AvgIpc) is 2.33. The molecule has 0 bridgehead atoms. The topological polar surface area (TPSA) is 57.6 Å². The number of carbonyl (C=O) groups is 2. The molecule has 0 aromatic heterocycles. The summed E-state index contributed by atoms with van der Waals surface area (Å²) < 4.78 is 25.4. The smallest absolute Gasteiger partial charge is 0.335 e. The molecule has 0 radical (unpaired) electrons. The lowest BCUT2D eigenvalue weighted by Gasteiger charge is -2.26. The molecular weight excluding hydrogens is 336 g/mol. The molecule has 0 fully saturated rings. The van der Waals surface area contributed by atoms with Gasteiger partial charge >= 0.3 is 5.97 Å². The number of hydrogen-bond donors (Lipinski definition) is 1. The number of aromatic carboxylic acids is 1. The Bertz CT molecular complexity index is 520. The Morgan fingerprint density at radius 3 is 2.25 bits per heavy atom. The van der Waals surface area contributed by atoms with Gasteiger partial charge in [-0.05, 0) is 32.0 Å². The Morgan fingerprint density at radius 1 is 1.25 bits per heavy atom. The molecule has 0 aliphatic heterocycles. The summed E-state index contributed by atoms with van der Waals surface area (Å²) in [5, 5.41) is 8.94. The van der Waals surface area contributed by atoms with E-state index in [2.05, 4.69) is 15.9 Å². The number of rotatable bonds is 5. The fraction of sp³-hybridized carbons (Fsp3) is 0.385. The third-order valence-electron chi connectivity index (χ3n) is 2.61. The summed E-state index contributed by atoms with van der Waals surface area (Å²) in [5.41, 5.74) is -0.0189. The highest BCUT2D eigenvalue weighted by molar-refractivity contribution is 9.10. The molecule has 1 N–H and O–H groups in total. The predicted octanol–water partition coefficient (Wildman–Crippen LogP) is 3.26. The van der Waals surface area contributed by atoms with Gasteiger partial charge in [-0.15, -0.1) is 0 Å². The third-order valence-corrected chi connectivity index (χ3v) is 3.07. The lowest BCUT2D eigenvalue weighted by Crippen LogP contribution is -2.40. The Balaban J connectivity index is 3.14. The molecule has 0 saturated heterocycles. The number of carboxylic acid groups (broad SMARTS) is 1. The number of alkyl halides is 2. The zero-order valence-corrected chi connectivity index (χ0v) is 12.5. The maximum Gasteiger partial charge on any atom is 0.335 e. The fourth-order valence-corrected chi connectivity index (χ4v) is 2.17. The first-order valence-electron chi connectivity index (χ1n) is 5.85. The van der Waals surface area contributed by atoms with Gasteiger partial charge in [-0.1, -0.05) is 15.9 Å². The first kappa shape index (κ1) is 16.6. The Hall–Kier alpha value is -1.50. The molecule has 1 amide bonds. The van der Waals surface area contributed by atoms with E-state index >= 15 is 0 Å². The first-order valence-corrected chi connectivity index (χ1v) is 6.64. The van der Waals surface area contributed by atoms with Crippen molar-refractivity contribution in [3.8, 4) is 0 Å². The minimum Gasteiger partial charge on any atom is -0.478 e. The van der Waals surface area contributed by atoms with Gasteiger partial charge in [-0.25, -0.2) is 13.6 Å². The van der Waals surface area contributed by atoms with Gasteiger partial charge in [0.15, 0.2) is 0 Å². The number of nitrogens with zero attached hydrogens (tertiary/aromatic N) is 1. The van der Waals surface area contributed by atoms with Gasteiger partial charge in [0.25, 0.3) is 12.3 Å². The van der Waals surface area contributed by atoms with Crippen LogP contribution in [0.4, 0.5) is 8.78 Å². The number of hydrogen-bond acceptors (Lipinski definition) is 2. The van der Waals surface area contributed by atoms with E-state index < -0.39 is 30.9 Å². The van der Waals surface area contributed by atoms with E-state index in [1.807, 2.05) is 0 Å². The Morgan fingerprint density at radius 2 is 1.80 bits per heavy atom. The molecule has 1 rings (SSSR count). The summed E-state index contributed by atoms with van der Waals surface area (Å²) in [6, 6.07) is 3.52. The second kappa shape index (κ2) is 6.78. The van der Waals surface area contributed by atoms with Crippen LogP contribution >= 0.6 is 15.9 Å². The first-order chi connectivity index (χ1) is 9.22. The molecule has 4 nitrogen and oxygen atoms in total. The minimum atomic E-state index is -2.65. The largest absolute Gasteiger partial charge is 0.478 e. The van der Waals surface area contributed by atoms with E-state index in [-0.39, 0.29) is 11.1 Å². The number of benzene rings is 1. The molecule has 0 saturated carbocycles. The molecule has 0 aliphatic carbocycles. The van der Waals surface area contributed by atoms with Crippen LogP contribution in [0, 0.1) is 0 Å². The van der Waals surface area contributed by atoms with E-state index in [1.165, 1.54) is 18.2 Å². The SMILES string of the molecule is CC(C)N(CC(F)F)C(=O)c1cc(Br)cc(C(=O)O)c1. The number of carbonyl (C=O) groups excluding carboxylic acids is 1. The zero-order chi connectivity index (χ0) is 15.4. The molecule has 0 aliphatic rings. The molecule has 0 spiro atoms. The lowest BCUT2D eigenvalue weighted by atomic mass is 10.1. The van der Waals surface area contributed by atoms with Gasteiger partial charge in [0.2, 0.25) is 0 Å². The van der Waals surface area contributed by atoms with Crippen molar-refractivity contribution < 1.29 is 23.5 Å². The van der Waals surface area contributed by atoms with Gasteiger partial charge in [-0.3, -0.25) is 4.79 Å². The highest BCUT2D eigenvalue weighted by Crippen LogP contribution is 2.19. The molecule has 0 heterocycles. The Kier molecular flexibility index (Phi) is 5.62. The summed E-state index contributed by atoms with van der Waals surface area (Å²) in [6.07, 6.45) is -2.65. The maximum atomic E-state index is 12.5. The number of carboxylic acids is 1. The zero-order valence-electron chi connectivity index (χ0n) is 10.9. The van der Waals surface area contributed by atoms with Gasteiger partial charge in [0.1, 0.15) is 0 Å². The van der Waals surface area contributed by atoms with E-state index in [0.29, 0.717) is 4.47 Å². The van der Waals surface area contributed by atoms with Crippen LogP contribution in [-0.4, -0.2) is 40.9 Å². The molecule has 1 aromatic rings. The third kappa shape index (κ3) is 4.26. The van der Waals surface area contributed by atoms with Gasteiger partial charge in [-0.2, -0.15) is 0 Å². The standard InChI is InChI=1S/C13H14BrF2NO3/c1-7(2)17(6-11(15)16)12(18)8-3-9(13(19)20)5-10(14)4-8/h3-5,7,11H,6H2,1-2H3,(H,19,20). The Labute approximate surface area is 123 Å². The van der Waals surface area contributed by atoms with E-state index in [4.69, 9.17) is 5.11 Å². The quantitative estimate of drug-likeness (QED) is 0.887. The molecule has 0 unspecified atom stereocenters. The molecule has 1 aromatic carbocycles. The van der Waals surface area contributed by atoms with Crippen molar-refractivity contribution in [2.75, 3.05) is 6.54 Å². The molecule has 20 heavy (non-hydrogen) atoms.